The number of amidine groups is 1. The van der Waals surface area contributed by atoms with Gasteiger partial charge >= 0.3 is 6.18 Å². The lowest BCUT2D eigenvalue weighted by Gasteiger charge is -2.27. The summed E-state index contributed by atoms with van der Waals surface area (Å²) in [6.45, 7) is -0.237. The maximum atomic E-state index is 12.1. The summed E-state index contributed by atoms with van der Waals surface area (Å²) in [6.07, 6.45) is -2.82. The Labute approximate surface area is 116 Å². The van der Waals surface area contributed by atoms with Crippen molar-refractivity contribution in [3.8, 4) is 0 Å². The van der Waals surface area contributed by atoms with Crippen LogP contribution in [0.4, 0.5) is 13.2 Å². The molecule has 0 spiro atoms. The fourth-order valence-corrected chi connectivity index (χ4v) is 4.13. The molecule has 1 aliphatic rings. The van der Waals surface area contributed by atoms with Crippen molar-refractivity contribution in [3.63, 3.8) is 0 Å². The molecule has 0 heterocycles. The summed E-state index contributed by atoms with van der Waals surface area (Å²) in [5.41, 5.74) is 5.25. The van der Waals surface area contributed by atoms with E-state index in [1.54, 1.807) is 0 Å². The molecular weight excluding hydrogens is 295 g/mol. The van der Waals surface area contributed by atoms with Gasteiger partial charge in [-0.3, -0.25) is 5.41 Å². The van der Waals surface area contributed by atoms with E-state index in [-0.39, 0.29) is 18.4 Å². The number of rotatable bonds is 7. The van der Waals surface area contributed by atoms with Crippen molar-refractivity contribution in [1.82, 2.24) is 4.31 Å². The van der Waals surface area contributed by atoms with Crippen LogP contribution in [-0.2, 0) is 10.0 Å². The van der Waals surface area contributed by atoms with E-state index in [1.165, 1.54) is 0 Å². The molecule has 0 bridgehead atoms. The molecule has 3 N–H and O–H groups in total. The first kappa shape index (κ1) is 17.2. The average Bonchev–Trinajstić information content (AvgIpc) is 2.76. The predicted octanol–water partition coefficient (Wildman–Crippen LogP) is 1.84. The van der Waals surface area contributed by atoms with Crippen LogP contribution in [0.25, 0.3) is 0 Å². The lowest BCUT2D eigenvalue weighted by Crippen LogP contribution is -2.45. The molecule has 20 heavy (non-hydrogen) atoms. The van der Waals surface area contributed by atoms with Crippen molar-refractivity contribution in [2.24, 2.45) is 5.73 Å². The van der Waals surface area contributed by atoms with Crippen LogP contribution >= 0.6 is 0 Å². The van der Waals surface area contributed by atoms with Gasteiger partial charge in [-0.25, -0.2) is 8.42 Å². The Morgan fingerprint density at radius 3 is 2.30 bits per heavy atom. The van der Waals surface area contributed by atoms with Gasteiger partial charge in [-0.2, -0.15) is 17.5 Å². The van der Waals surface area contributed by atoms with Crippen molar-refractivity contribution >= 4 is 15.9 Å². The molecule has 0 amide bonds. The molecule has 0 atom stereocenters. The Morgan fingerprint density at radius 2 is 1.85 bits per heavy atom. The third kappa shape index (κ3) is 5.66. The molecular formula is C11H20F3N3O2S. The minimum Gasteiger partial charge on any atom is -0.387 e. The van der Waals surface area contributed by atoms with Crippen molar-refractivity contribution in [1.29, 1.82) is 5.41 Å². The third-order valence-electron chi connectivity index (χ3n) is 3.28. The number of nitrogens with two attached hydrogens (primary N) is 1. The normalized spacial score (nSPS) is 17.8. The number of nitrogens with one attached hydrogen (secondary N) is 1. The van der Waals surface area contributed by atoms with Crippen LogP contribution in [0, 0.1) is 5.41 Å². The quantitative estimate of drug-likeness (QED) is 0.555. The van der Waals surface area contributed by atoms with Gasteiger partial charge in [-0.1, -0.05) is 12.8 Å². The highest BCUT2D eigenvalue weighted by molar-refractivity contribution is 7.89. The van der Waals surface area contributed by atoms with Gasteiger partial charge < -0.3 is 5.73 Å². The zero-order chi connectivity index (χ0) is 15.4. The van der Waals surface area contributed by atoms with Gasteiger partial charge in [0.1, 0.15) is 5.84 Å². The van der Waals surface area contributed by atoms with Crippen LogP contribution in [-0.4, -0.2) is 43.1 Å². The first-order valence-electron chi connectivity index (χ1n) is 6.51. The monoisotopic (exact) mass is 315 g/mol. The van der Waals surface area contributed by atoms with E-state index in [0.717, 1.165) is 17.1 Å². The molecule has 0 saturated heterocycles. The molecule has 9 heteroatoms. The molecule has 1 saturated carbocycles. The van der Waals surface area contributed by atoms with Crippen LogP contribution in [0.5, 0.6) is 0 Å². The first-order valence-corrected chi connectivity index (χ1v) is 8.12. The smallest absolute Gasteiger partial charge is 0.387 e. The van der Waals surface area contributed by atoms with E-state index >= 15 is 0 Å². The molecule has 0 aromatic rings. The Hall–Kier alpha value is -0.830. The summed E-state index contributed by atoms with van der Waals surface area (Å²) < 4.78 is 61.6. The second kappa shape index (κ2) is 6.75. The Kier molecular flexibility index (Phi) is 5.81. The largest absolute Gasteiger partial charge is 0.389 e. The van der Waals surface area contributed by atoms with E-state index in [4.69, 9.17) is 11.1 Å². The van der Waals surface area contributed by atoms with E-state index < -0.39 is 34.8 Å². The SMILES string of the molecule is N=C(N)CN(C1CCCC1)S(=O)(=O)CCCC(F)(F)F. The lowest BCUT2D eigenvalue weighted by molar-refractivity contribution is -0.134. The fraction of sp³-hybridized carbons (Fsp3) is 0.909. The third-order valence-corrected chi connectivity index (χ3v) is 5.22. The van der Waals surface area contributed by atoms with Crippen LogP contribution in [0.15, 0.2) is 0 Å². The molecule has 1 aliphatic carbocycles. The minimum atomic E-state index is -4.35. The van der Waals surface area contributed by atoms with E-state index in [1.807, 2.05) is 0 Å². The molecule has 0 aromatic heterocycles. The number of alkyl halides is 3. The Bertz CT molecular complexity index is 431. The van der Waals surface area contributed by atoms with Crippen molar-refractivity contribution in [3.05, 3.63) is 0 Å². The maximum Gasteiger partial charge on any atom is 0.389 e. The van der Waals surface area contributed by atoms with E-state index in [2.05, 4.69) is 0 Å². The summed E-state index contributed by atoms with van der Waals surface area (Å²) >= 11 is 0. The average molecular weight is 315 g/mol. The van der Waals surface area contributed by atoms with Crippen molar-refractivity contribution < 1.29 is 21.6 Å². The molecule has 0 aromatic carbocycles. The second-order valence-electron chi connectivity index (χ2n) is 5.04. The first-order chi connectivity index (χ1) is 9.12. The van der Waals surface area contributed by atoms with Crippen molar-refractivity contribution in [2.75, 3.05) is 12.3 Å². The summed E-state index contributed by atoms with van der Waals surface area (Å²) in [7, 11) is -3.81. The van der Waals surface area contributed by atoms with Crippen LogP contribution in [0.3, 0.4) is 0 Å². The van der Waals surface area contributed by atoms with Crippen LogP contribution in [0.1, 0.15) is 38.5 Å². The molecule has 5 nitrogen and oxygen atoms in total. The topological polar surface area (TPSA) is 87.2 Å². The predicted molar refractivity (Wildman–Crippen MR) is 70.0 cm³/mol. The zero-order valence-electron chi connectivity index (χ0n) is 11.1. The highest BCUT2D eigenvalue weighted by Crippen LogP contribution is 2.27. The summed E-state index contributed by atoms with van der Waals surface area (Å²) in [5.74, 6) is -0.854. The Morgan fingerprint density at radius 1 is 1.30 bits per heavy atom. The van der Waals surface area contributed by atoms with Crippen molar-refractivity contribution in [2.45, 2.75) is 50.7 Å². The number of sulfonamides is 1. The maximum absolute atomic E-state index is 12.1. The van der Waals surface area contributed by atoms with E-state index in [0.29, 0.717) is 12.8 Å². The lowest BCUT2D eigenvalue weighted by atomic mass is 10.2. The highest BCUT2D eigenvalue weighted by Gasteiger charge is 2.33. The van der Waals surface area contributed by atoms with Crippen LogP contribution in [0.2, 0.25) is 0 Å². The number of hydrogen-bond acceptors (Lipinski definition) is 3. The minimum absolute atomic E-state index is 0.237. The van der Waals surface area contributed by atoms with Gasteiger partial charge in [-0.05, 0) is 19.3 Å². The molecule has 0 aliphatic heterocycles. The molecule has 1 fully saturated rings. The molecule has 1 rings (SSSR count). The second-order valence-corrected chi connectivity index (χ2v) is 7.08. The summed E-state index contributed by atoms with van der Waals surface area (Å²) in [6, 6.07) is -0.241. The summed E-state index contributed by atoms with van der Waals surface area (Å²) in [5, 5.41) is 7.24. The van der Waals surface area contributed by atoms with Gasteiger partial charge in [0, 0.05) is 12.5 Å². The molecule has 118 valence electrons. The van der Waals surface area contributed by atoms with Gasteiger partial charge in [0.25, 0.3) is 0 Å². The fourth-order valence-electron chi connectivity index (χ4n) is 2.39. The van der Waals surface area contributed by atoms with E-state index in [9.17, 15) is 21.6 Å². The number of halogens is 3. The number of hydrogen-bond donors (Lipinski definition) is 2. The number of nitrogens with zero attached hydrogens (tertiary/aromatic N) is 1. The molecule has 0 unspecified atom stereocenters. The summed E-state index contributed by atoms with van der Waals surface area (Å²) in [4.78, 5) is 0. The zero-order valence-corrected chi connectivity index (χ0v) is 11.9. The van der Waals surface area contributed by atoms with Crippen LogP contribution < -0.4 is 5.73 Å². The van der Waals surface area contributed by atoms with Gasteiger partial charge in [-0.15, -0.1) is 0 Å². The molecule has 0 radical (unpaired) electrons. The Balaban J connectivity index is 2.69. The van der Waals surface area contributed by atoms with Gasteiger partial charge in [0.05, 0.1) is 12.3 Å². The standard InChI is InChI=1S/C11H20F3N3O2S/c12-11(13,14)6-3-7-20(18,19)17(8-10(15)16)9-4-1-2-5-9/h9H,1-8H2,(H3,15,16). The highest BCUT2D eigenvalue weighted by atomic mass is 32.2. The van der Waals surface area contributed by atoms with Gasteiger partial charge in [0.2, 0.25) is 10.0 Å². The van der Waals surface area contributed by atoms with Gasteiger partial charge in [0.15, 0.2) is 0 Å².